The lowest BCUT2D eigenvalue weighted by Gasteiger charge is -2.22. The zero-order valence-corrected chi connectivity index (χ0v) is 21.0. The predicted molar refractivity (Wildman–Crippen MR) is 139 cm³/mol. The number of methoxy groups -OCH3 is 2. The number of amides is 1. The van der Waals surface area contributed by atoms with Crippen LogP contribution in [0.25, 0.3) is 16.7 Å². The van der Waals surface area contributed by atoms with Gasteiger partial charge >= 0.3 is 0 Å². The minimum Gasteiger partial charge on any atom is -0.497 e. The number of hydrogen-bond donors (Lipinski definition) is 1. The van der Waals surface area contributed by atoms with E-state index in [9.17, 15) is 4.79 Å². The molecule has 8 heteroatoms. The summed E-state index contributed by atoms with van der Waals surface area (Å²) in [5, 5.41) is 12.4. The van der Waals surface area contributed by atoms with Crippen molar-refractivity contribution < 1.29 is 14.3 Å². The zero-order valence-electron chi connectivity index (χ0n) is 21.0. The Hall–Kier alpha value is -4.07. The van der Waals surface area contributed by atoms with E-state index in [2.05, 4.69) is 48.2 Å². The van der Waals surface area contributed by atoms with Crippen molar-refractivity contribution in [3.05, 3.63) is 65.2 Å². The fraction of sp³-hybridized carbons (Fsp3) is 0.296. The van der Waals surface area contributed by atoms with E-state index in [-0.39, 0.29) is 5.91 Å². The van der Waals surface area contributed by atoms with Crippen LogP contribution in [-0.2, 0) is 0 Å². The van der Waals surface area contributed by atoms with Crippen LogP contribution in [0.15, 0.2) is 48.5 Å². The Labute approximate surface area is 205 Å². The summed E-state index contributed by atoms with van der Waals surface area (Å²) in [6, 6.07) is 15.2. The first kappa shape index (κ1) is 24.1. The smallest absolute Gasteiger partial charge is 0.255 e. The number of aryl methyl sites for hydroxylation is 2. The van der Waals surface area contributed by atoms with E-state index in [0.717, 1.165) is 35.4 Å². The molecular formula is C27H31N5O3. The summed E-state index contributed by atoms with van der Waals surface area (Å²) in [6.07, 6.45) is 0. The third kappa shape index (κ3) is 4.91. The minimum absolute atomic E-state index is 0.264. The van der Waals surface area contributed by atoms with Crippen LogP contribution < -0.4 is 19.7 Å². The van der Waals surface area contributed by atoms with E-state index in [1.54, 1.807) is 37.2 Å². The van der Waals surface area contributed by atoms with Crippen LogP contribution in [0.1, 0.15) is 35.3 Å². The maximum atomic E-state index is 13.0. The number of aromatic nitrogens is 3. The number of anilines is 2. The highest BCUT2D eigenvalue weighted by Crippen LogP contribution is 2.27. The number of carbonyl (C=O) groups is 1. The normalized spacial score (nSPS) is 10.9. The molecule has 4 rings (SSSR count). The van der Waals surface area contributed by atoms with Gasteiger partial charge in [-0.1, -0.05) is 0 Å². The van der Waals surface area contributed by atoms with Gasteiger partial charge in [0.05, 0.1) is 19.9 Å². The Kier molecular flexibility index (Phi) is 6.91. The molecule has 8 nitrogen and oxygen atoms in total. The Balaban J connectivity index is 1.64. The van der Waals surface area contributed by atoms with Crippen molar-refractivity contribution in [1.29, 1.82) is 0 Å². The Bertz CT molecular complexity index is 1350. The largest absolute Gasteiger partial charge is 0.497 e. The lowest BCUT2D eigenvalue weighted by molar-refractivity contribution is 0.102. The average molecular weight is 474 g/mol. The lowest BCUT2D eigenvalue weighted by Crippen LogP contribution is -2.21. The first-order valence-corrected chi connectivity index (χ1v) is 11.6. The first-order valence-electron chi connectivity index (χ1n) is 11.6. The number of ether oxygens (including phenoxy) is 2. The van der Waals surface area contributed by atoms with E-state index >= 15 is 0 Å². The summed E-state index contributed by atoms with van der Waals surface area (Å²) in [4.78, 5) is 16.9. The minimum atomic E-state index is -0.264. The monoisotopic (exact) mass is 473 g/mol. The topological polar surface area (TPSA) is 81.5 Å². The van der Waals surface area contributed by atoms with E-state index in [0.29, 0.717) is 28.3 Å². The van der Waals surface area contributed by atoms with Gasteiger partial charge in [0.1, 0.15) is 22.5 Å². The average Bonchev–Trinajstić information content (AvgIpc) is 3.26. The summed E-state index contributed by atoms with van der Waals surface area (Å²) in [5.41, 5.74) is 6.65. The number of nitrogens with zero attached hydrogens (tertiary/aromatic N) is 4. The highest BCUT2D eigenvalue weighted by molar-refractivity contribution is 6.06. The van der Waals surface area contributed by atoms with Crippen molar-refractivity contribution in [2.24, 2.45) is 0 Å². The third-order valence-electron chi connectivity index (χ3n) is 6.11. The van der Waals surface area contributed by atoms with Gasteiger partial charge in [0.2, 0.25) is 0 Å². The van der Waals surface area contributed by atoms with Gasteiger partial charge in [-0.2, -0.15) is 4.80 Å². The molecule has 1 N–H and O–H groups in total. The van der Waals surface area contributed by atoms with Gasteiger partial charge in [-0.05, 0) is 81.3 Å². The van der Waals surface area contributed by atoms with Gasteiger partial charge in [0.25, 0.3) is 5.91 Å². The number of fused-ring (bicyclic) bond motifs is 1. The molecule has 0 fully saturated rings. The molecule has 1 aromatic heterocycles. The molecule has 0 saturated heterocycles. The maximum absolute atomic E-state index is 13.0. The second-order valence-electron chi connectivity index (χ2n) is 8.34. The van der Waals surface area contributed by atoms with Crippen LogP contribution in [0.5, 0.6) is 11.5 Å². The molecule has 0 aliphatic carbocycles. The molecule has 4 aromatic rings. The molecule has 0 unspecified atom stereocenters. The molecule has 0 saturated carbocycles. The van der Waals surface area contributed by atoms with Crippen molar-refractivity contribution in [2.45, 2.75) is 27.7 Å². The maximum Gasteiger partial charge on any atom is 0.255 e. The number of hydrogen-bond acceptors (Lipinski definition) is 6. The van der Waals surface area contributed by atoms with Crippen LogP contribution in [0.3, 0.4) is 0 Å². The van der Waals surface area contributed by atoms with E-state index < -0.39 is 0 Å². The quantitative estimate of drug-likeness (QED) is 0.381. The number of carbonyl (C=O) groups excluding carboxylic acids is 1. The lowest BCUT2D eigenvalue weighted by atomic mass is 10.1. The summed E-state index contributed by atoms with van der Waals surface area (Å²) in [6.45, 7) is 10.2. The highest BCUT2D eigenvalue weighted by Gasteiger charge is 2.15. The van der Waals surface area contributed by atoms with Crippen LogP contribution >= 0.6 is 0 Å². The molecule has 1 amide bonds. The molecule has 3 aromatic carbocycles. The fourth-order valence-electron chi connectivity index (χ4n) is 4.09. The predicted octanol–water partition coefficient (Wildman–Crippen LogP) is 5.15. The highest BCUT2D eigenvalue weighted by atomic mass is 16.5. The molecule has 1 heterocycles. The molecule has 0 atom stereocenters. The Morgan fingerprint density at radius 3 is 2.09 bits per heavy atom. The van der Waals surface area contributed by atoms with E-state index in [1.807, 2.05) is 25.1 Å². The molecule has 0 bridgehead atoms. The van der Waals surface area contributed by atoms with Crippen molar-refractivity contribution >= 4 is 28.3 Å². The van der Waals surface area contributed by atoms with Crippen LogP contribution in [-0.4, -0.2) is 48.2 Å². The van der Waals surface area contributed by atoms with Gasteiger partial charge in [-0.25, -0.2) is 0 Å². The van der Waals surface area contributed by atoms with Gasteiger partial charge in [0, 0.05) is 36.1 Å². The second kappa shape index (κ2) is 10.0. The SMILES string of the molecule is CCN(CC)c1ccc(-n2nc3cc(C)c(NC(=O)c4cc(OC)cc(OC)c4)cc3n2)c(C)c1. The number of rotatable bonds is 8. The van der Waals surface area contributed by atoms with Crippen LogP contribution in [0.2, 0.25) is 0 Å². The Morgan fingerprint density at radius 2 is 1.51 bits per heavy atom. The summed E-state index contributed by atoms with van der Waals surface area (Å²) < 4.78 is 10.6. The summed E-state index contributed by atoms with van der Waals surface area (Å²) >= 11 is 0. The fourth-order valence-corrected chi connectivity index (χ4v) is 4.09. The second-order valence-corrected chi connectivity index (χ2v) is 8.34. The Morgan fingerprint density at radius 1 is 0.886 bits per heavy atom. The summed E-state index contributed by atoms with van der Waals surface area (Å²) in [7, 11) is 3.10. The molecular weight excluding hydrogens is 442 g/mol. The van der Waals surface area contributed by atoms with Crippen molar-refractivity contribution in [3.8, 4) is 17.2 Å². The van der Waals surface area contributed by atoms with Crippen molar-refractivity contribution in [1.82, 2.24) is 15.0 Å². The number of benzene rings is 3. The molecule has 0 aliphatic rings. The van der Waals surface area contributed by atoms with Crippen LogP contribution in [0.4, 0.5) is 11.4 Å². The molecule has 35 heavy (non-hydrogen) atoms. The van der Waals surface area contributed by atoms with Gasteiger partial charge in [-0.15, -0.1) is 10.2 Å². The van der Waals surface area contributed by atoms with Crippen LogP contribution in [0, 0.1) is 13.8 Å². The molecule has 0 spiro atoms. The summed E-state index contributed by atoms with van der Waals surface area (Å²) in [5.74, 6) is 0.832. The van der Waals surface area contributed by atoms with Crippen molar-refractivity contribution in [2.75, 3.05) is 37.5 Å². The standard InChI is InChI=1S/C27H31N5O3/c1-7-31(8-2)20-9-10-26(18(4)11-20)32-29-24-12-17(3)23(16-25(24)30-32)28-27(33)19-13-21(34-5)15-22(14-19)35-6/h9-16H,7-8H2,1-6H3,(H,28,33). The van der Waals surface area contributed by atoms with E-state index in [4.69, 9.17) is 14.6 Å². The van der Waals surface area contributed by atoms with Gasteiger partial charge < -0.3 is 19.7 Å². The molecule has 0 aliphatic heterocycles. The van der Waals surface area contributed by atoms with Gasteiger partial charge in [0.15, 0.2) is 0 Å². The van der Waals surface area contributed by atoms with Crippen molar-refractivity contribution in [3.63, 3.8) is 0 Å². The molecule has 182 valence electrons. The first-order chi connectivity index (χ1) is 16.9. The van der Waals surface area contributed by atoms with E-state index in [1.165, 1.54) is 5.69 Å². The third-order valence-corrected chi connectivity index (χ3v) is 6.11. The van der Waals surface area contributed by atoms with Gasteiger partial charge in [-0.3, -0.25) is 4.79 Å². The molecule has 0 radical (unpaired) electrons. The zero-order chi connectivity index (χ0) is 25.1. The number of nitrogens with one attached hydrogen (secondary N) is 1.